The van der Waals surface area contributed by atoms with E-state index in [9.17, 15) is 10.0 Å². The second-order valence-electron chi connectivity index (χ2n) is 4.66. The minimum absolute atomic E-state index is 0.142. The van der Waals surface area contributed by atoms with Gasteiger partial charge in [0.15, 0.2) is 23.0 Å². The van der Waals surface area contributed by atoms with Gasteiger partial charge in [-0.05, 0) is 36.4 Å². The number of quaternary nitrogens is 1. The molecule has 120 valence electrons. The molecular formula is C17H17NO5. The number of carbonyl (C=O) groups excluding carboxylic acids is 1. The summed E-state index contributed by atoms with van der Waals surface area (Å²) in [7, 11) is 3.01. The van der Waals surface area contributed by atoms with Gasteiger partial charge in [0.05, 0.1) is 14.2 Å². The van der Waals surface area contributed by atoms with Gasteiger partial charge in [-0.15, -0.1) is 0 Å². The zero-order chi connectivity index (χ0) is 16.8. The largest absolute Gasteiger partial charge is 0.595 e. The Morgan fingerprint density at radius 1 is 1.13 bits per heavy atom. The summed E-state index contributed by atoms with van der Waals surface area (Å²) in [5, 5.41) is 19.2. The second-order valence-corrected chi connectivity index (χ2v) is 4.66. The van der Waals surface area contributed by atoms with E-state index >= 15 is 0 Å². The van der Waals surface area contributed by atoms with Crippen LogP contribution in [-0.2, 0) is 0 Å². The highest BCUT2D eigenvalue weighted by Crippen LogP contribution is 2.27. The van der Waals surface area contributed by atoms with E-state index in [0.29, 0.717) is 22.6 Å². The fraction of sp³-hybridized carbons (Fsp3) is 0.118. The molecule has 2 aromatic rings. The third kappa shape index (κ3) is 3.95. The maximum atomic E-state index is 12.2. The predicted molar refractivity (Wildman–Crippen MR) is 85.1 cm³/mol. The Kier molecular flexibility index (Phi) is 5.48. The van der Waals surface area contributed by atoms with Crippen molar-refractivity contribution in [3.63, 3.8) is 0 Å². The second kappa shape index (κ2) is 7.55. The van der Waals surface area contributed by atoms with E-state index in [1.165, 1.54) is 32.4 Å². The van der Waals surface area contributed by atoms with Crippen LogP contribution in [0.5, 0.6) is 11.5 Å². The molecule has 0 aliphatic rings. The molecule has 6 heteroatoms. The number of allylic oxidation sites excluding steroid dienone is 1. The standard InChI is InChI=1S/C17H17NO5/c1-22-16-10-8-13(11-17(16)23-2)15(19)9-7-12-5-3-4-6-14(12)18(20)21/h3-11,18,20H,1-2H3. The molecule has 0 spiro atoms. The Morgan fingerprint density at radius 2 is 1.83 bits per heavy atom. The van der Waals surface area contributed by atoms with Gasteiger partial charge in [0.2, 0.25) is 0 Å². The maximum absolute atomic E-state index is 12.2. The minimum atomic E-state index is -1.04. The molecule has 0 amide bonds. The smallest absolute Gasteiger partial charge is 0.185 e. The highest BCUT2D eigenvalue weighted by molar-refractivity contribution is 6.07. The Morgan fingerprint density at radius 3 is 2.48 bits per heavy atom. The summed E-state index contributed by atoms with van der Waals surface area (Å²) in [6, 6.07) is 11.3. The topological polar surface area (TPSA) is 83.3 Å². The fourth-order valence-corrected chi connectivity index (χ4v) is 2.09. The summed E-state index contributed by atoms with van der Waals surface area (Å²) in [6.45, 7) is 0. The van der Waals surface area contributed by atoms with Gasteiger partial charge in [0.1, 0.15) is 0 Å². The van der Waals surface area contributed by atoms with Gasteiger partial charge in [0.25, 0.3) is 0 Å². The molecule has 0 radical (unpaired) electrons. The van der Waals surface area contributed by atoms with Crippen LogP contribution in [0, 0.1) is 5.21 Å². The van der Waals surface area contributed by atoms with E-state index < -0.39 is 5.23 Å². The van der Waals surface area contributed by atoms with Gasteiger partial charge in [-0.3, -0.25) is 4.79 Å². The summed E-state index contributed by atoms with van der Waals surface area (Å²) in [6.07, 6.45) is 2.82. The number of nitrogens with one attached hydrogen (secondary N) is 1. The van der Waals surface area contributed by atoms with Crippen LogP contribution in [0.15, 0.2) is 48.5 Å². The number of para-hydroxylation sites is 1. The summed E-state index contributed by atoms with van der Waals surface area (Å²) in [5.41, 5.74) is 1.03. The molecule has 0 saturated carbocycles. The van der Waals surface area contributed by atoms with Crippen LogP contribution >= 0.6 is 0 Å². The average Bonchev–Trinajstić information content (AvgIpc) is 2.59. The molecule has 0 saturated heterocycles. The van der Waals surface area contributed by atoms with Crippen molar-refractivity contribution in [2.75, 3.05) is 14.2 Å². The van der Waals surface area contributed by atoms with Crippen LogP contribution in [0.3, 0.4) is 0 Å². The van der Waals surface area contributed by atoms with Crippen LogP contribution in [0.4, 0.5) is 5.69 Å². The van der Waals surface area contributed by atoms with Crippen LogP contribution in [-0.4, -0.2) is 25.2 Å². The van der Waals surface area contributed by atoms with Crippen molar-refractivity contribution in [2.24, 2.45) is 0 Å². The van der Waals surface area contributed by atoms with Gasteiger partial charge in [-0.25, -0.2) is 5.21 Å². The SMILES string of the molecule is COc1ccc(C(=O)C=Cc2ccccc2[NH+]([O-])O)cc1OC. The number of carbonyl (C=O) groups is 1. The van der Waals surface area contributed by atoms with Crippen molar-refractivity contribution in [3.05, 3.63) is 64.9 Å². The molecule has 1 unspecified atom stereocenters. The molecule has 0 aromatic heterocycles. The number of hydrogen-bond acceptors (Lipinski definition) is 5. The number of benzene rings is 2. The first kappa shape index (κ1) is 16.7. The summed E-state index contributed by atoms with van der Waals surface area (Å²) >= 11 is 0. The highest BCUT2D eigenvalue weighted by atomic mass is 16.8. The first-order chi connectivity index (χ1) is 11.1. The molecule has 0 aliphatic carbocycles. The number of methoxy groups -OCH3 is 2. The van der Waals surface area contributed by atoms with E-state index in [2.05, 4.69) is 0 Å². The van der Waals surface area contributed by atoms with Crippen molar-refractivity contribution in [1.29, 1.82) is 0 Å². The lowest BCUT2D eigenvalue weighted by atomic mass is 10.1. The number of rotatable bonds is 6. The Bertz CT molecular complexity index is 725. The van der Waals surface area contributed by atoms with Crippen LogP contribution in [0.2, 0.25) is 0 Å². The molecule has 0 bridgehead atoms. The Balaban J connectivity index is 2.26. The van der Waals surface area contributed by atoms with E-state index in [4.69, 9.17) is 14.7 Å². The number of ether oxygens (including phenoxy) is 2. The quantitative estimate of drug-likeness (QED) is 0.484. The summed E-state index contributed by atoms with van der Waals surface area (Å²) in [5.74, 6) is 0.730. The van der Waals surface area contributed by atoms with E-state index in [1.54, 1.807) is 36.4 Å². The van der Waals surface area contributed by atoms with Crippen molar-refractivity contribution in [2.45, 2.75) is 0 Å². The normalized spacial score (nSPS) is 12.2. The first-order valence-electron chi connectivity index (χ1n) is 6.83. The number of ketones is 1. The highest BCUT2D eigenvalue weighted by Gasteiger charge is 2.10. The lowest BCUT2D eigenvalue weighted by molar-refractivity contribution is -0.991. The zero-order valence-electron chi connectivity index (χ0n) is 12.8. The van der Waals surface area contributed by atoms with Crippen molar-refractivity contribution >= 4 is 17.5 Å². The van der Waals surface area contributed by atoms with Crippen molar-refractivity contribution in [3.8, 4) is 11.5 Å². The van der Waals surface area contributed by atoms with E-state index in [1.807, 2.05) is 0 Å². The predicted octanol–water partition coefficient (Wildman–Crippen LogP) is 2.00. The zero-order valence-corrected chi connectivity index (χ0v) is 12.8. The molecule has 0 heterocycles. The van der Waals surface area contributed by atoms with Gasteiger partial charge >= 0.3 is 0 Å². The lowest BCUT2D eigenvalue weighted by Crippen LogP contribution is -2.99. The molecule has 23 heavy (non-hydrogen) atoms. The van der Waals surface area contributed by atoms with E-state index in [-0.39, 0.29) is 11.5 Å². The van der Waals surface area contributed by atoms with E-state index in [0.717, 1.165) is 0 Å². The third-order valence-corrected chi connectivity index (χ3v) is 3.27. The van der Waals surface area contributed by atoms with Gasteiger partial charge in [-0.1, -0.05) is 12.1 Å². The Labute approximate surface area is 133 Å². The average molecular weight is 315 g/mol. The molecule has 2 N–H and O–H groups in total. The molecule has 0 fully saturated rings. The molecule has 0 aliphatic heterocycles. The maximum Gasteiger partial charge on any atom is 0.185 e. The fourth-order valence-electron chi connectivity index (χ4n) is 2.09. The molecule has 2 rings (SSSR count). The molecule has 2 aromatic carbocycles. The van der Waals surface area contributed by atoms with Crippen LogP contribution < -0.4 is 14.7 Å². The number of hydrogen-bond donors (Lipinski definition) is 2. The van der Waals surface area contributed by atoms with Crippen LogP contribution in [0.25, 0.3) is 6.08 Å². The summed E-state index contributed by atoms with van der Waals surface area (Å²) < 4.78 is 10.3. The monoisotopic (exact) mass is 315 g/mol. The molecule has 6 nitrogen and oxygen atoms in total. The minimum Gasteiger partial charge on any atom is -0.595 e. The lowest BCUT2D eigenvalue weighted by Gasteiger charge is -2.13. The van der Waals surface area contributed by atoms with Crippen molar-refractivity contribution in [1.82, 2.24) is 0 Å². The summed E-state index contributed by atoms with van der Waals surface area (Å²) in [4.78, 5) is 12.2. The van der Waals surface area contributed by atoms with Gasteiger partial charge < -0.3 is 14.7 Å². The first-order valence-corrected chi connectivity index (χ1v) is 6.83. The van der Waals surface area contributed by atoms with Gasteiger partial charge in [0, 0.05) is 17.2 Å². The Hall–Kier alpha value is -2.67. The molecule has 1 atom stereocenters. The van der Waals surface area contributed by atoms with Crippen LogP contribution in [0.1, 0.15) is 15.9 Å². The van der Waals surface area contributed by atoms with Gasteiger partial charge in [-0.2, -0.15) is 5.23 Å². The van der Waals surface area contributed by atoms with Crippen molar-refractivity contribution < 1.29 is 24.7 Å². The third-order valence-electron chi connectivity index (χ3n) is 3.27. The molecular weight excluding hydrogens is 298 g/mol.